The van der Waals surface area contributed by atoms with Crippen LogP contribution in [0.15, 0.2) is 6.33 Å². The Labute approximate surface area is 95.0 Å². The summed E-state index contributed by atoms with van der Waals surface area (Å²) < 4.78 is 0. The second kappa shape index (κ2) is 3.57. The van der Waals surface area contributed by atoms with E-state index in [0.717, 1.165) is 0 Å². The number of imidazole rings is 1. The van der Waals surface area contributed by atoms with Crippen molar-refractivity contribution in [2.45, 2.75) is 0 Å². The molecule has 2 aromatic heterocycles. The molecule has 0 fully saturated rings. The van der Waals surface area contributed by atoms with Gasteiger partial charge in [-0.1, -0.05) is 11.6 Å². The van der Waals surface area contributed by atoms with Gasteiger partial charge in [-0.25, -0.2) is 4.98 Å². The number of anilines is 1. The van der Waals surface area contributed by atoms with Crippen LogP contribution in [-0.4, -0.2) is 15.0 Å². The van der Waals surface area contributed by atoms with Crippen LogP contribution in [0, 0.1) is 0 Å². The molecule has 2 N–H and O–H groups in total. The zero-order chi connectivity index (χ0) is 7.84. The zero-order valence-corrected chi connectivity index (χ0v) is 9.08. The summed E-state index contributed by atoms with van der Waals surface area (Å²) in [4.78, 5) is 15.2. The van der Waals surface area contributed by atoms with Crippen molar-refractivity contribution in [2.75, 3.05) is 5.73 Å². The Bertz CT molecular complexity index is 400. The Kier molecular flexibility index (Phi) is 2.89. The molecule has 56 valence electrons. The van der Waals surface area contributed by atoms with Crippen molar-refractivity contribution in [2.24, 2.45) is 0 Å². The third-order valence-electron chi connectivity index (χ3n) is 1.23. The molecule has 0 atom stereocenters. The molecule has 0 amide bonds. The Morgan fingerprint density at radius 1 is 1.42 bits per heavy atom. The Hall–Kier alpha value is -0.360. The monoisotopic (exact) mass is 191 g/mol. The average molecular weight is 192 g/mol. The minimum atomic E-state index is 0. The summed E-state index contributed by atoms with van der Waals surface area (Å²) in [7, 11) is 0. The minimum absolute atomic E-state index is 0. The van der Waals surface area contributed by atoms with Gasteiger partial charge in [0.15, 0.2) is 5.28 Å². The molecule has 0 aromatic carbocycles. The Balaban J connectivity index is 0.000000720. The number of nitrogen functional groups attached to an aromatic ring is 1. The molecule has 2 heterocycles. The van der Waals surface area contributed by atoms with Gasteiger partial charge in [0.25, 0.3) is 0 Å². The molecule has 2 aromatic rings. The molecule has 5 nitrogen and oxygen atoms in total. The van der Waals surface area contributed by atoms with Crippen molar-refractivity contribution in [1.82, 2.24) is 19.9 Å². The van der Waals surface area contributed by atoms with Crippen molar-refractivity contribution in [3.63, 3.8) is 0 Å². The van der Waals surface area contributed by atoms with Crippen molar-refractivity contribution in [3.05, 3.63) is 11.6 Å². The van der Waals surface area contributed by atoms with Crippen LogP contribution in [-0.2, 0) is 0 Å². The van der Waals surface area contributed by atoms with Gasteiger partial charge in [0.2, 0.25) is 0 Å². The van der Waals surface area contributed by atoms with Gasteiger partial charge in [0, 0.05) is 11.2 Å². The number of hydrogen-bond donors (Lipinski definition) is 1. The first-order valence-electron chi connectivity index (χ1n) is 2.84. The predicted molar refractivity (Wildman–Crippen MR) is 40.1 cm³/mol. The third kappa shape index (κ3) is 1.54. The molecular weight excluding hydrogens is 189 g/mol. The van der Waals surface area contributed by atoms with Crippen LogP contribution in [0.5, 0.6) is 0 Å². The number of rotatable bonds is 0. The molecule has 2 rings (SSSR count). The smallest absolute Gasteiger partial charge is 0.383 e. The first-order chi connectivity index (χ1) is 5.27. The van der Waals surface area contributed by atoms with Gasteiger partial charge >= 0.3 is 29.6 Å². The topological polar surface area (TPSA) is 78.8 Å². The Morgan fingerprint density at radius 3 is 2.92 bits per heavy atom. The van der Waals surface area contributed by atoms with E-state index in [0.29, 0.717) is 11.2 Å². The largest absolute Gasteiger partial charge is 1.00 e. The van der Waals surface area contributed by atoms with E-state index in [1.165, 1.54) is 6.33 Å². The van der Waals surface area contributed by atoms with Gasteiger partial charge in [0.1, 0.15) is 5.82 Å². The molecule has 0 aliphatic heterocycles. The molecule has 0 unspecified atom stereocenters. The van der Waals surface area contributed by atoms with Gasteiger partial charge in [-0.05, 0) is 6.33 Å². The minimum Gasteiger partial charge on any atom is -0.383 e. The SMILES string of the molecule is Nc1nc(Cl)nc2[n-]cnc12.[Na+]. The first kappa shape index (κ1) is 9.73. The Morgan fingerprint density at radius 2 is 2.17 bits per heavy atom. The molecule has 0 spiro atoms. The van der Waals surface area contributed by atoms with E-state index in [9.17, 15) is 0 Å². The fourth-order valence-corrected chi connectivity index (χ4v) is 0.959. The first-order valence-corrected chi connectivity index (χ1v) is 3.21. The standard InChI is InChI=1S/C5H3ClN5.Na/c6-5-10-3(7)2-4(11-5)9-1-8-2;/h1H,(H2-,7,8,9,10,11);/q-1;+1. The molecule has 0 radical (unpaired) electrons. The van der Waals surface area contributed by atoms with E-state index >= 15 is 0 Å². The van der Waals surface area contributed by atoms with E-state index < -0.39 is 0 Å². The van der Waals surface area contributed by atoms with Crippen molar-refractivity contribution >= 4 is 28.6 Å². The van der Waals surface area contributed by atoms with E-state index in [1.807, 2.05) is 0 Å². The van der Waals surface area contributed by atoms with Crippen LogP contribution < -0.4 is 40.3 Å². The average Bonchev–Trinajstić information content (AvgIpc) is 2.34. The maximum atomic E-state index is 5.51. The fourth-order valence-electron chi connectivity index (χ4n) is 0.787. The van der Waals surface area contributed by atoms with E-state index in [-0.39, 0.29) is 40.7 Å². The summed E-state index contributed by atoms with van der Waals surface area (Å²) >= 11 is 5.51. The van der Waals surface area contributed by atoms with Gasteiger partial charge in [-0.15, -0.1) is 0 Å². The van der Waals surface area contributed by atoms with Gasteiger partial charge in [0.05, 0.1) is 0 Å². The van der Waals surface area contributed by atoms with Crippen molar-refractivity contribution in [3.8, 4) is 0 Å². The van der Waals surface area contributed by atoms with Crippen LogP contribution >= 0.6 is 11.6 Å². The van der Waals surface area contributed by atoms with Crippen LogP contribution in [0.3, 0.4) is 0 Å². The summed E-state index contributed by atoms with van der Waals surface area (Å²) in [6.45, 7) is 0. The van der Waals surface area contributed by atoms with Crippen LogP contribution in [0.1, 0.15) is 0 Å². The number of aromatic nitrogens is 4. The van der Waals surface area contributed by atoms with Crippen LogP contribution in [0.2, 0.25) is 5.28 Å². The summed E-state index contributed by atoms with van der Waals surface area (Å²) in [6.07, 6.45) is 1.37. The summed E-state index contributed by atoms with van der Waals surface area (Å²) in [6, 6.07) is 0. The summed E-state index contributed by atoms with van der Waals surface area (Å²) in [5.41, 5.74) is 6.39. The maximum absolute atomic E-state index is 5.51. The van der Waals surface area contributed by atoms with E-state index in [1.54, 1.807) is 0 Å². The fraction of sp³-hybridized carbons (Fsp3) is 0. The molecule has 0 bridgehead atoms. The van der Waals surface area contributed by atoms with E-state index in [2.05, 4.69) is 19.9 Å². The zero-order valence-electron chi connectivity index (χ0n) is 6.32. The number of nitrogens with two attached hydrogens (primary N) is 1. The van der Waals surface area contributed by atoms with Crippen LogP contribution in [0.25, 0.3) is 11.2 Å². The van der Waals surface area contributed by atoms with Gasteiger partial charge < -0.3 is 20.7 Å². The molecule has 0 aliphatic carbocycles. The normalized spacial score (nSPS) is 9.75. The molecule has 12 heavy (non-hydrogen) atoms. The summed E-state index contributed by atoms with van der Waals surface area (Å²) in [5, 5.41) is 0.0931. The number of nitrogens with zero attached hydrogens (tertiary/aromatic N) is 4. The molecular formula is C5H3ClN5Na. The molecule has 0 saturated heterocycles. The second-order valence-electron chi connectivity index (χ2n) is 1.92. The van der Waals surface area contributed by atoms with E-state index in [4.69, 9.17) is 17.3 Å². The van der Waals surface area contributed by atoms with Crippen molar-refractivity contribution < 1.29 is 29.6 Å². The molecule has 7 heteroatoms. The molecule has 0 aliphatic rings. The maximum Gasteiger partial charge on any atom is 1.00 e. The summed E-state index contributed by atoms with van der Waals surface area (Å²) in [5.74, 6) is 0.262. The number of halogens is 1. The van der Waals surface area contributed by atoms with Gasteiger partial charge in [-0.2, -0.15) is 0 Å². The third-order valence-corrected chi connectivity index (χ3v) is 1.40. The van der Waals surface area contributed by atoms with Crippen LogP contribution in [0.4, 0.5) is 5.82 Å². The number of fused-ring (bicyclic) bond motifs is 1. The number of hydrogen-bond acceptors (Lipinski definition) is 4. The second-order valence-corrected chi connectivity index (χ2v) is 2.26. The quantitative estimate of drug-likeness (QED) is 0.360. The van der Waals surface area contributed by atoms with Crippen molar-refractivity contribution in [1.29, 1.82) is 0 Å². The predicted octanol–water partition coefficient (Wildman–Crippen LogP) is -2.78. The molecule has 0 saturated carbocycles. The van der Waals surface area contributed by atoms with Gasteiger partial charge in [-0.3, -0.25) is 0 Å².